The number of carbonyl (C=O) groups is 1. The Hall–Kier alpha value is -1.16. The van der Waals surface area contributed by atoms with Gasteiger partial charge in [-0.25, -0.2) is 0 Å². The largest absolute Gasteiger partial charge is 0.497 e. The number of hydrogen-bond acceptors (Lipinski definition) is 3. The molecule has 0 aliphatic rings. The summed E-state index contributed by atoms with van der Waals surface area (Å²) in [6.45, 7) is 5.20. The van der Waals surface area contributed by atoms with Gasteiger partial charge in [-0.2, -0.15) is 0 Å². The van der Waals surface area contributed by atoms with E-state index in [-0.39, 0.29) is 5.91 Å². The molecule has 0 radical (unpaired) electrons. The molecule has 3 nitrogen and oxygen atoms in total. The van der Waals surface area contributed by atoms with Crippen molar-refractivity contribution < 1.29 is 9.53 Å². The molecule has 0 heterocycles. The van der Waals surface area contributed by atoms with Gasteiger partial charge in [0.2, 0.25) is 5.91 Å². The number of thioether (sulfide) groups is 1. The van der Waals surface area contributed by atoms with Crippen molar-refractivity contribution in [1.29, 1.82) is 0 Å². The molecule has 0 aromatic heterocycles. The van der Waals surface area contributed by atoms with E-state index in [1.54, 1.807) is 18.9 Å². The summed E-state index contributed by atoms with van der Waals surface area (Å²) in [5.74, 6) is 2.03. The molecule has 1 amide bonds. The summed E-state index contributed by atoms with van der Waals surface area (Å²) < 4.78 is 5.12. The Kier molecular flexibility index (Phi) is 8.99. The molecule has 1 aromatic carbocycles. The average molecular weight is 309 g/mol. The third-order valence-electron chi connectivity index (χ3n) is 3.56. The minimum atomic E-state index is 0.116. The molecular formula is C17H27NO2S. The zero-order chi connectivity index (χ0) is 15.5. The minimum Gasteiger partial charge on any atom is -0.497 e. The van der Waals surface area contributed by atoms with Gasteiger partial charge in [0.25, 0.3) is 0 Å². The Labute approximate surface area is 132 Å². The molecular weight excluding hydrogens is 282 g/mol. The van der Waals surface area contributed by atoms with Crippen LogP contribution in [0.25, 0.3) is 0 Å². The molecule has 1 atom stereocenters. The summed E-state index contributed by atoms with van der Waals surface area (Å²) in [6, 6.07) is 7.79. The summed E-state index contributed by atoms with van der Waals surface area (Å²) in [5, 5.41) is 3.05. The summed E-state index contributed by atoms with van der Waals surface area (Å²) in [6.07, 6.45) is 4.80. The van der Waals surface area contributed by atoms with E-state index in [1.807, 2.05) is 24.3 Å². The fourth-order valence-corrected chi connectivity index (χ4v) is 2.80. The Morgan fingerprint density at radius 1 is 1.29 bits per heavy atom. The number of nitrogens with one attached hydrogen (secondary N) is 1. The van der Waals surface area contributed by atoms with Crippen LogP contribution in [0, 0.1) is 5.92 Å². The molecule has 1 aromatic rings. The van der Waals surface area contributed by atoms with Crippen LogP contribution in [-0.4, -0.2) is 25.3 Å². The maximum absolute atomic E-state index is 11.9. The fourth-order valence-electron chi connectivity index (χ4n) is 2.07. The van der Waals surface area contributed by atoms with Gasteiger partial charge in [0, 0.05) is 11.4 Å². The molecule has 1 rings (SSSR count). The van der Waals surface area contributed by atoms with Crippen LogP contribution >= 0.6 is 11.8 Å². The van der Waals surface area contributed by atoms with Crippen LogP contribution in [-0.2, 0) is 4.79 Å². The average Bonchev–Trinajstić information content (AvgIpc) is 2.53. The van der Waals surface area contributed by atoms with E-state index < -0.39 is 0 Å². The second kappa shape index (κ2) is 10.6. The van der Waals surface area contributed by atoms with Gasteiger partial charge in [-0.3, -0.25) is 4.79 Å². The van der Waals surface area contributed by atoms with Crippen molar-refractivity contribution >= 4 is 17.7 Å². The molecule has 4 heteroatoms. The molecule has 0 fully saturated rings. The first-order chi connectivity index (χ1) is 10.2. The molecule has 21 heavy (non-hydrogen) atoms. The minimum absolute atomic E-state index is 0.116. The molecule has 0 aliphatic carbocycles. The Bertz CT molecular complexity index is 406. The van der Waals surface area contributed by atoms with Gasteiger partial charge in [-0.1, -0.05) is 33.1 Å². The predicted octanol–water partition coefficient (Wildman–Crippen LogP) is 4.12. The maximum atomic E-state index is 11.9. The second-order valence-electron chi connectivity index (χ2n) is 5.18. The van der Waals surface area contributed by atoms with Crippen LogP contribution < -0.4 is 10.1 Å². The maximum Gasteiger partial charge on any atom is 0.230 e. The number of unbranched alkanes of at least 4 members (excludes halogenated alkanes) is 1. The number of rotatable bonds is 10. The number of carbonyl (C=O) groups excluding carboxylic acids is 1. The molecule has 118 valence electrons. The van der Waals surface area contributed by atoms with E-state index in [0.29, 0.717) is 11.7 Å². The zero-order valence-electron chi connectivity index (χ0n) is 13.4. The Balaban J connectivity index is 2.26. The molecule has 0 saturated carbocycles. The highest BCUT2D eigenvalue weighted by atomic mass is 32.2. The van der Waals surface area contributed by atoms with Crippen molar-refractivity contribution in [3.63, 3.8) is 0 Å². The quantitative estimate of drug-likeness (QED) is 0.661. The summed E-state index contributed by atoms with van der Waals surface area (Å²) in [5.41, 5.74) is 0. The van der Waals surface area contributed by atoms with Crippen LogP contribution in [0.4, 0.5) is 0 Å². The van der Waals surface area contributed by atoms with E-state index in [9.17, 15) is 4.79 Å². The third kappa shape index (κ3) is 7.42. The number of hydrogen-bond donors (Lipinski definition) is 1. The van der Waals surface area contributed by atoms with Gasteiger partial charge in [-0.05, 0) is 36.6 Å². The summed E-state index contributed by atoms with van der Waals surface area (Å²) >= 11 is 1.56. The van der Waals surface area contributed by atoms with Crippen molar-refractivity contribution in [2.75, 3.05) is 19.4 Å². The standard InChI is InChI=1S/C17H27NO2S/c1-4-6-7-14(5-2)12-18-17(19)13-21-16-10-8-15(20-3)9-11-16/h8-11,14H,4-7,12-13H2,1-3H3,(H,18,19). The van der Waals surface area contributed by atoms with Gasteiger partial charge >= 0.3 is 0 Å². The van der Waals surface area contributed by atoms with Crippen LogP contribution in [0.5, 0.6) is 5.75 Å². The lowest BCUT2D eigenvalue weighted by molar-refractivity contribution is -0.118. The van der Waals surface area contributed by atoms with Gasteiger partial charge in [0.05, 0.1) is 12.9 Å². The lowest BCUT2D eigenvalue weighted by Gasteiger charge is -2.15. The van der Waals surface area contributed by atoms with Crippen LogP contribution in [0.3, 0.4) is 0 Å². The van der Waals surface area contributed by atoms with Crippen LogP contribution in [0.2, 0.25) is 0 Å². The van der Waals surface area contributed by atoms with Gasteiger partial charge < -0.3 is 10.1 Å². The van der Waals surface area contributed by atoms with Crippen molar-refractivity contribution in [1.82, 2.24) is 5.32 Å². The first-order valence-corrected chi connectivity index (χ1v) is 8.71. The highest BCUT2D eigenvalue weighted by Crippen LogP contribution is 2.21. The van der Waals surface area contributed by atoms with E-state index in [4.69, 9.17) is 4.74 Å². The summed E-state index contributed by atoms with van der Waals surface area (Å²) in [7, 11) is 1.65. The van der Waals surface area contributed by atoms with E-state index in [0.717, 1.165) is 23.6 Å². The number of benzene rings is 1. The Morgan fingerprint density at radius 3 is 2.57 bits per heavy atom. The number of amides is 1. The van der Waals surface area contributed by atoms with Gasteiger partial charge in [-0.15, -0.1) is 11.8 Å². The molecule has 0 bridgehead atoms. The molecule has 0 spiro atoms. The second-order valence-corrected chi connectivity index (χ2v) is 6.23. The number of methoxy groups -OCH3 is 1. The number of ether oxygens (including phenoxy) is 1. The lowest BCUT2D eigenvalue weighted by Crippen LogP contribution is -2.30. The van der Waals surface area contributed by atoms with Crippen molar-refractivity contribution in [2.24, 2.45) is 5.92 Å². The highest BCUT2D eigenvalue weighted by Gasteiger charge is 2.08. The van der Waals surface area contributed by atoms with Crippen LogP contribution in [0.1, 0.15) is 39.5 Å². The third-order valence-corrected chi connectivity index (χ3v) is 4.57. The monoisotopic (exact) mass is 309 g/mol. The van der Waals surface area contributed by atoms with Crippen molar-refractivity contribution in [2.45, 2.75) is 44.4 Å². The van der Waals surface area contributed by atoms with E-state index in [2.05, 4.69) is 19.2 Å². The normalized spacial score (nSPS) is 12.0. The first kappa shape index (κ1) is 17.9. The summed E-state index contributed by atoms with van der Waals surface area (Å²) in [4.78, 5) is 13.0. The SMILES string of the molecule is CCCCC(CC)CNC(=O)CSc1ccc(OC)cc1. The predicted molar refractivity (Wildman–Crippen MR) is 90.0 cm³/mol. The first-order valence-electron chi connectivity index (χ1n) is 7.73. The van der Waals surface area contributed by atoms with Gasteiger partial charge in [0.1, 0.15) is 5.75 Å². The molecule has 1 N–H and O–H groups in total. The van der Waals surface area contributed by atoms with Crippen LogP contribution in [0.15, 0.2) is 29.2 Å². The van der Waals surface area contributed by atoms with Crippen molar-refractivity contribution in [3.05, 3.63) is 24.3 Å². The highest BCUT2D eigenvalue weighted by molar-refractivity contribution is 8.00. The van der Waals surface area contributed by atoms with Gasteiger partial charge in [0.15, 0.2) is 0 Å². The molecule has 1 unspecified atom stereocenters. The smallest absolute Gasteiger partial charge is 0.230 e. The Morgan fingerprint density at radius 2 is 2.00 bits per heavy atom. The van der Waals surface area contributed by atoms with E-state index in [1.165, 1.54) is 19.3 Å². The zero-order valence-corrected chi connectivity index (χ0v) is 14.2. The molecule has 0 aliphatic heterocycles. The van der Waals surface area contributed by atoms with Crippen molar-refractivity contribution in [3.8, 4) is 5.75 Å². The van der Waals surface area contributed by atoms with E-state index >= 15 is 0 Å². The fraction of sp³-hybridized carbons (Fsp3) is 0.588. The topological polar surface area (TPSA) is 38.3 Å². The molecule has 0 saturated heterocycles. The lowest BCUT2D eigenvalue weighted by atomic mass is 9.99.